The van der Waals surface area contributed by atoms with Gasteiger partial charge in [0.15, 0.2) is 0 Å². The number of benzene rings is 2. The predicted octanol–water partition coefficient (Wildman–Crippen LogP) is 3.17. The van der Waals surface area contributed by atoms with E-state index < -0.39 is 0 Å². The fourth-order valence-electron chi connectivity index (χ4n) is 2.63. The predicted molar refractivity (Wildman–Crippen MR) is 97.6 cm³/mol. The topological polar surface area (TPSA) is 41.6 Å². The first-order valence-electron chi connectivity index (χ1n) is 8.20. The molecule has 0 atom stereocenters. The molecule has 1 N–H and O–H groups in total. The van der Waals surface area contributed by atoms with Crippen molar-refractivity contribution in [3.63, 3.8) is 0 Å². The Morgan fingerprint density at radius 1 is 1.08 bits per heavy atom. The number of carbonyl (C=O) groups excluding carboxylic acids is 1. The van der Waals surface area contributed by atoms with E-state index in [1.54, 1.807) is 7.05 Å². The van der Waals surface area contributed by atoms with Crippen LogP contribution in [0.4, 0.5) is 0 Å². The van der Waals surface area contributed by atoms with Gasteiger partial charge in [-0.25, -0.2) is 0 Å². The highest BCUT2D eigenvalue weighted by Crippen LogP contribution is 2.22. The van der Waals surface area contributed by atoms with Gasteiger partial charge in [-0.15, -0.1) is 0 Å². The van der Waals surface area contributed by atoms with E-state index in [1.807, 2.05) is 30.3 Å². The highest BCUT2D eigenvalue weighted by Gasteiger charge is 2.06. The minimum Gasteiger partial charge on any atom is -0.492 e. The Balaban J connectivity index is 1.83. The first kappa shape index (κ1) is 18.0. The summed E-state index contributed by atoms with van der Waals surface area (Å²) in [4.78, 5) is 13.8. The van der Waals surface area contributed by atoms with Crippen molar-refractivity contribution in [3.05, 3.63) is 64.7 Å². The summed E-state index contributed by atoms with van der Waals surface area (Å²) in [5.74, 6) is 0.928. The van der Waals surface area contributed by atoms with Crippen LogP contribution in [0.5, 0.6) is 5.75 Å². The first-order valence-corrected chi connectivity index (χ1v) is 8.20. The summed E-state index contributed by atoms with van der Waals surface area (Å²) in [7, 11) is 3.71. The van der Waals surface area contributed by atoms with Gasteiger partial charge in [0.1, 0.15) is 12.4 Å². The number of nitrogens with zero attached hydrogens (tertiary/aromatic N) is 1. The van der Waals surface area contributed by atoms with Gasteiger partial charge in [-0.3, -0.25) is 9.69 Å². The van der Waals surface area contributed by atoms with Crippen molar-refractivity contribution in [1.82, 2.24) is 10.2 Å². The molecule has 0 saturated heterocycles. The molecular formula is C20H26N2O2. The van der Waals surface area contributed by atoms with Gasteiger partial charge in [0.25, 0.3) is 5.91 Å². The second kappa shape index (κ2) is 8.50. The van der Waals surface area contributed by atoms with Crippen molar-refractivity contribution in [2.45, 2.75) is 20.4 Å². The van der Waals surface area contributed by atoms with Crippen LogP contribution in [0.25, 0.3) is 0 Å². The van der Waals surface area contributed by atoms with E-state index in [0.29, 0.717) is 12.2 Å². The molecule has 0 unspecified atom stereocenters. The minimum atomic E-state index is -0.0584. The van der Waals surface area contributed by atoms with Gasteiger partial charge in [-0.1, -0.05) is 30.3 Å². The lowest BCUT2D eigenvalue weighted by Gasteiger charge is -2.18. The van der Waals surface area contributed by atoms with Gasteiger partial charge in [-0.05, 0) is 49.7 Å². The van der Waals surface area contributed by atoms with Crippen LogP contribution < -0.4 is 10.1 Å². The second-order valence-corrected chi connectivity index (χ2v) is 6.08. The second-order valence-electron chi connectivity index (χ2n) is 6.08. The molecule has 0 aromatic heterocycles. The van der Waals surface area contributed by atoms with Crippen LogP contribution in [-0.2, 0) is 6.54 Å². The molecule has 0 aliphatic rings. The Kier molecular flexibility index (Phi) is 6.38. The van der Waals surface area contributed by atoms with Crippen molar-refractivity contribution < 1.29 is 9.53 Å². The molecule has 0 saturated carbocycles. The summed E-state index contributed by atoms with van der Waals surface area (Å²) in [5.41, 5.74) is 4.20. The Morgan fingerprint density at radius 3 is 2.29 bits per heavy atom. The number of aryl methyl sites for hydroxylation is 2. The van der Waals surface area contributed by atoms with E-state index in [1.165, 1.54) is 16.7 Å². The SMILES string of the molecule is CNC(=O)c1ccc(CN(C)CCOc2c(C)cccc2C)cc1. The summed E-state index contributed by atoms with van der Waals surface area (Å²) in [6.45, 7) is 6.45. The largest absolute Gasteiger partial charge is 0.492 e. The van der Waals surface area contributed by atoms with Crippen molar-refractivity contribution in [3.8, 4) is 5.75 Å². The van der Waals surface area contributed by atoms with Crippen LogP contribution in [0, 0.1) is 13.8 Å². The number of ether oxygens (including phenoxy) is 1. The first-order chi connectivity index (χ1) is 11.5. The molecule has 0 heterocycles. The summed E-state index contributed by atoms with van der Waals surface area (Å²) in [6, 6.07) is 13.9. The van der Waals surface area contributed by atoms with E-state index >= 15 is 0 Å². The number of carbonyl (C=O) groups is 1. The van der Waals surface area contributed by atoms with E-state index in [0.717, 1.165) is 18.8 Å². The fraction of sp³-hybridized carbons (Fsp3) is 0.350. The molecule has 4 nitrogen and oxygen atoms in total. The van der Waals surface area contributed by atoms with Gasteiger partial charge in [0.2, 0.25) is 0 Å². The Hall–Kier alpha value is -2.33. The molecule has 0 spiro atoms. The number of nitrogens with one attached hydrogen (secondary N) is 1. The highest BCUT2D eigenvalue weighted by atomic mass is 16.5. The quantitative estimate of drug-likeness (QED) is 0.850. The number of rotatable bonds is 7. The van der Waals surface area contributed by atoms with Crippen LogP contribution in [0.15, 0.2) is 42.5 Å². The third-order valence-corrected chi connectivity index (χ3v) is 4.02. The molecule has 0 bridgehead atoms. The highest BCUT2D eigenvalue weighted by molar-refractivity contribution is 5.93. The van der Waals surface area contributed by atoms with Crippen LogP contribution in [0.3, 0.4) is 0 Å². The Bertz CT molecular complexity index is 660. The molecule has 0 aliphatic carbocycles. The molecule has 2 aromatic rings. The van der Waals surface area contributed by atoms with E-state index in [-0.39, 0.29) is 5.91 Å². The maximum Gasteiger partial charge on any atom is 0.251 e. The van der Waals surface area contributed by atoms with E-state index in [2.05, 4.69) is 43.2 Å². The Morgan fingerprint density at radius 2 is 1.71 bits per heavy atom. The standard InChI is InChI=1S/C20H26N2O2/c1-15-6-5-7-16(2)19(15)24-13-12-22(4)14-17-8-10-18(11-9-17)20(23)21-3/h5-11H,12-14H2,1-4H3,(H,21,23). The zero-order chi connectivity index (χ0) is 17.5. The average Bonchev–Trinajstić information content (AvgIpc) is 2.57. The van der Waals surface area contributed by atoms with Crippen molar-refractivity contribution in [1.29, 1.82) is 0 Å². The number of para-hydroxylation sites is 1. The number of hydrogen-bond acceptors (Lipinski definition) is 3. The summed E-state index contributed by atoms with van der Waals surface area (Å²) in [6.07, 6.45) is 0. The minimum absolute atomic E-state index is 0.0584. The molecule has 128 valence electrons. The molecule has 2 aromatic carbocycles. The number of likely N-dealkylation sites (N-methyl/N-ethyl adjacent to an activating group) is 1. The normalized spacial score (nSPS) is 10.7. The fourth-order valence-corrected chi connectivity index (χ4v) is 2.63. The third kappa shape index (κ3) is 4.83. The molecule has 0 fully saturated rings. The maximum absolute atomic E-state index is 11.5. The zero-order valence-corrected chi connectivity index (χ0v) is 14.9. The Labute approximate surface area is 144 Å². The molecule has 2 rings (SSSR count). The number of amides is 1. The van der Waals surface area contributed by atoms with E-state index in [4.69, 9.17) is 4.74 Å². The van der Waals surface area contributed by atoms with Gasteiger partial charge >= 0.3 is 0 Å². The van der Waals surface area contributed by atoms with Crippen molar-refractivity contribution >= 4 is 5.91 Å². The molecule has 0 aliphatic heterocycles. The van der Waals surface area contributed by atoms with E-state index in [9.17, 15) is 4.79 Å². The summed E-state index contributed by atoms with van der Waals surface area (Å²) < 4.78 is 5.95. The van der Waals surface area contributed by atoms with Crippen LogP contribution >= 0.6 is 0 Å². The maximum atomic E-state index is 11.5. The lowest BCUT2D eigenvalue weighted by atomic mass is 10.1. The summed E-state index contributed by atoms with van der Waals surface area (Å²) in [5, 5.41) is 2.63. The summed E-state index contributed by atoms with van der Waals surface area (Å²) >= 11 is 0. The van der Waals surface area contributed by atoms with Gasteiger partial charge in [0.05, 0.1) is 0 Å². The molecule has 1 amide bonds. The number of hydrogen-bond donors (Lipinski definition) is 1. The molecule has 24 heavy (non-hydrogen) atoms. The van der Waals surface area contributed by atoms with Crippen molar-refractivity contribution in [2.24, 2.45) is 0 Å². The molecule has 0 radical (unpaired) electrons. The lowest BCUT2D eigenvalue weighted by molar-refractivity contribution is 0.0963. The smallest absolute Gasteiger partial charge is 0.251 e. The van der Waals surface area contributed by atoms with Gasteiger partial charge in [0, 0.05) is 25.7 Å². The third-order valence-electron chi connectivity index (χ3n) is 4.02. The zero-order valence-electron chi connectivity index (χ0n) is 14.9. The molecule has 4 heteroatoms. The van der Waals surface area contributed by atoms with Gasteiger partial charge < -0.3 is 10.1 Å². The van der Waals surface area contributed by atoms with Crippen LogP contribution in [0.1, 0.15) is 27.0 Å². The average molecular weight is 326 g/mol. The van der Waals surface area contributed by atoms with Gasteiger partial charge in [-0.2, -0.15) is 0 Å². The van der Waals surface area contributed by atoms with Crippen LogP contribution in [0.2, 0.25) is 0 Å². The van der Waals surface area contributed by atoms with Crippen molar-refractivity contribution in [2.75, 3.05) is 27.2 Å². The lowest BCUT2D eigenvalue weighted by Crippen LogP contribution is -2.24. The van der Waals surface area contributed by atoms with Crippen LogP contribution in [-0.4, -0.2) is 38.1 Å². The molecular weight excluding hydrogens is 300 g/mol. The monoisotopic (exact) mass is 326 g/mol.